The van der Waals surface area contributed by atoms with Gasteiger partial charge in [0, 0.05) is 7.11 Å². The van der Waals surface area contributed by atoms with Gasteiger partial charge in [0.2, 0.25) is 0 Å². The summed E-state index contributed by atoms with van der Waals surface area (Å²) in [7, 11) is 1.52. The molecule has 0 unspecified atom stereocenters. The third kappa shape index (κ3) is 5.04. The van der Waals surface area contributed by atoms with Crippen LogP contribution in [-0.4, -0.2) is 25.5 Å². The largest absolute Gasteiger partial charge is 0.430 e. The van der Waals surface area contributed by atoms with E-state index < -0.39 is 6.09 Å². The van der Waals surface area contributed by atoms with Crippen molar-refractivity contribution in [3.8, 4) is 0 Å². The molecule has 0 rings (SSSR count). The monoisotopic (exact) mass is 146 g/mol. The molecule has 0 aliphatic carbocycles. The summed E-state index contributed by atoms with van der Waals surface area (Å²) in [6, 6.07) is 0. The number of ether oxygens (including phenoxy) is 1. The Morgan fingerprint density at radius 2 is 2.30 bits per heavy atom. The van der Waals surface area contributed by atoms with Crippen molar-refractivity contribution in [2.24, 2.45) is 10.9 Å². The van der Waals surface area contributed by atoms with Gasteiger partial charge in [-0.05, 0) is 6.92 Å². The van der Waals surface area contributed by atoms with Crippen molar-refractivity contribution in [3.63, 3.8) is 0 Å². The third-order valence-electron chi connectivity index (χ3n) is 0.645. The Kier molecular flexibility index (Phi) is 4.23. The number of carbonyl (C=O) groups excluding carboxylic acids is 1. The molecular formula is C5H10N2O3. The Morgan fingerprint density at radius 1 is 1.70 bits per heavy atom. The molecule has 0 heterocycles. The van der Waals surface area contributed by atoms with Crippen LogP contribution in [0, 0.1) is 0 Å². The molecule has 0 aromatic rings. The summed E-state index contributed by atoms with van der Waals surface area (Å²) in [5.74, 6) is 0. The lowest BCUT2D eigenvalue weighted by Gasteiger charge is -1.95. The van der Waals surface area contributed by atoms with Crippen molar-refractivity contribution in [2.75, 3.05) is 13.7 Å². The van der Waals surface area contributed by atoms with Crippen molar-refractivity contribution in [2.45, 2.75) is 6.92 Å². The van der Waals surface area contributed by atoms with Gasteiger partial charge in [-0.25, -0.2) is 4.79 Å². The number of nitrogens with two attached hydrogens (primary N) is 1. The van der Waals surface area contributed by atoms with E-state index in [9.17, 15) is 4.79 Å². The second-order valence-corrected chi connectivity index (χ2v) is 1.67. The molecule has 0 aromatic heterocycles. The summed E-state index contributed by atoms with van der Waals surface area (Å²) in [5.41, 5.74) is 5.18. The summed E-state index contributed by atoms with van der Waals surface area (Å²) in [6.07, 6.45) is -0.921. The molecule has 0 spiro atoms. The van der Waals surface area contributed by atoms with Crippen LogP contribution >= 0.6 is 0 Å². The van der Waals surface area contributed by atoms with Crippen LogP contribution in [0.1, 0.15) is 6.92 Å². The predicted octanol–water partition coefficient (Wildman–Crippen LogP) is 0.104. The topological polar surface area (TPSA) is 73.9 Å². The van der Waals surface area contributed by atoms with Gasteiger partial charge >= 0.3 is 6.09 Å². The lowest BCUT2D eigenvalue weighted by atomic mass is 10.5. The van der Waals surface area contributed by atoms with Crippen LogP contribution in [0.25, 0.3) is 0 Å². The molecule has 1 amide bonds. The number of amides is 1. The van der Waals surface area contributed by atoms with Crippen molar-refractivity contribution in [1.82, 2.24) is 0 Å². The third-order valence-corrected chi connectivity index (χ3v) is 0.645. The minimum Gasteiger partial charge on any atom is -0.379 e. The standard InChI is InChI=1S/C5H10N2O3/c1-4(3-9-2)7-10-5(6)8/h3H2,1-2H3,(H2,6,8)/b7-4+. The van der Waals surface area contributed by atoms with Gasteiger partial charge in [0.25, 0.3) is 0 Å². The molecule has 0 aliphatic heterocycles. The Bertz CT molecular complexity index is 144. The van der Waals surface area contributed by atoms with Crippen LogP contribution in [-0.2, 0) is 9.57 Å². The summed E-state index contributed by atoms with van der Waals surface area (Å²) in [6.45, 7) is 1.99. The van der Waals surface area contributed by atoms with Gasteiger partial charge in [0.05, 0.1) is 12.3 Å². The smallest absolute Gasteiger partial charge is 0.379 e. The molecule has 0 saturated heterocycles. The summed E-state index contributed by atoms with van der Waals surface area (Å²) in [4.78, 5) is 14.1. The molecular weight excluding hydrogens is 136 g/mol. The van der Waals surface area contributed by atoms with Crippen molar-refractivity contribution in [1.29, 1.82) is 0 Å². The van der Waals surface area contributed by atoms with E-state index in [0.29, 0.717) is 12.3 Å². The maximum Gasteiger partial charge on any atom is 0.430 e. The maximum atomic E-state index is 9.96. The van der Waals surface area contributed by atoms with E-state index in [1.54, 1.807) is 6.92 Å². The van der Waals surface area contributed by atoms with Gasteiger partial charge < -0.3 is 10.5 Å². The van der Waals surface area contributed by atoms with Crippen molar-refractivity contribution < 1.29 is 14.4 Å². The second kappa shape index (κ2) is 4.75. The molecule has 0 fully saturated rings. The van der Waals surface area contributed by atoms with Gasteiger partial charge in [-0.1, -0.05) is 5.16 Å². The predicted molar refractivity (Wildman–Crippen MR) is 35.7 cm³/mol. The number of carbonyl (C=O) groups is 1. The average Bonchev–Trinajstić information content (AvgIpc) is 1.85. The molecule has 58 valence electrons. The number of primary amides is 1. The first-order chi connectivity index (χ1) is 4.66. The average molecular weight is 146 g/mol. The Morgan fingerprint density at radius 3 is 2.70 bits per heavy atom. The molecule has 5 heteroatoms. The summed E-state index contributed by atoms with van der Waals surface area (Å²) < 4.78 is 4.67. The Balaban J connectivity index is 3.57. The normalized spacial score (nSPS) is 11.2. The minimum absolute atomic E-state index is 0.327. The van der Waals surface area contributed by atoms with Crippen LogP contribution in [0.15, 0.2) is 5.16 Å². The van der Waals surface area contributed by atoms with Crippen LogP contribution in [0.2, 0.25) is 0 Å². The van der Waals surface area contributed by atoms with Crippen molar-refractivity contribution >= 4 is 11.8 Å². The van der Waals surface area contributed by atoms with Gasteiger partial charge in [-0.3, -0.25) is 4.84 Å². The second-order valence-electron chi connectivity index (χ2n) is 1.67. The molecule has 0 bridgehead atoms. The number of rotatable bonds is 3. The Hall–Kier alpha value is -1.10. The Labute approximate surface area is 58.8 Å². The van der Waals surface area contributed by atoms with Crippen molar-refractivity contribution in [3.05, 3.63) is 0 Å². The first kappa shape index (κ1) is 8.90. The van der Waals surface area contributed by atoms with E-state index in [2.05, 4.69) is 20.5 Å². The SMILES string of the molecule is COC/C(C)=N/OC(N)=O. The van der Waals surface area contributed by atoms with Crippen LogP contribution in [0.3, 0.4) is 0 Å². The van der Waals surface area contributed by atoms with Gasteiger partial charge in [0.15, 0.2) is 0 Å². The van der Waals surface area contributed by atoms with Crippen LogP contribution in [0.5, 0.6) is 0 Å². The van der Waals surface area contributed by atoms with Crippen LogP contribution < -0.4 is 5.73 Å². The van der Waals surface area contributed by atoms with Gasteiger partial charge in [-0.15, -0.1) is 0 Å². The highest BCUT2D eigenvalue weighted by atomic mass is 16.7. The fraction of sp³-hybridized carbons (Fsp3) is 0.600. The fourth-order valence-electron chi connectivity index (χ4n) is 0.358. The summed E-state index contributed by atoms with van der Waals surface area (Å²) in [5, 5.41) is 3.33. The first-order valence-corrected chi connectivity index (χ1v) is 2.65. The maximum absolute atomic E-state index is 9.96. The number of nitrogens with zero attached hydrogens (tertiary/aromatic N) is 1. The number of oxime groups is 1. The minimum atomic E-state index is -0.921. The molecule has 0 radical (unpaired) electrons. The van der Waals surface area contributed by atoms with E-state index in [0.717, 1.165) is 0 Å². The number of methoxy groups -OCH3 is 1. The zero-order chi connectivity index (χ0) is 7.98. The molecule has 0 aliphatic rings. The first-order valence-electron chi connectivity index (χ1n) is 2.65. The van der Waals surface area contributed by atoms with E-state index >= 15 is 0 Å². The lowest BCUT2D eigenvalue weighted by Crippen LogP contribution is -2.11. The number of hydrogen-bond donors (Lipinski definition) is 1. The van der Waals surface area contributed by atoms with Gasteiger partial charge in [-0.2, -0.15) is 0 Å². The molecule has 5 nitrogen and oxygen atoms in total. The van der Waals surface area contributed by atoms with Crippen LogP contribution in [0.4, 0.5) is 4.79 Å². The molecule has 2 N–H and O–H groups in total. The fourth-order valence-corrected chi connectivity index (χ4v) is 0.358. The quantitative estimate of drug-likeness (QED) is 0.348. The number of hydrogen-bond acceptors (Lipinski definition) is 4. The molecule has 10 heavy (non-hydrogen) atoms. The zero-order valence-electron chi connectivity index (χ0n) is 5.96. The molecule has 0 aromatic carbocycles. The van der Waals surface area contributed by atoms with Gasteiger partial charge in [0.1, 0.15) is 0 Å². The molecule has 0 saturated carbocycles. The highest BCUT2D eigenvalue weighted by Gasteiger charge is 1.92. The lowest BCUT2D eigenvalue weighted by molar-refractivity contribution is 0.159. The van der Waals surface area contributed by atoms with E-state index in [4.69, 9.17) is 0 Å². The highest BCUT2D eigenvalue weighted by molar-refractivity contribution is 5.83. The van der Waals surface area contributed by atoms with E-state index in [-0.39, 0.29) is 0 Å². The summed E-state index contributed by atoms with van der Waals surface area (Å²) >= 11 is 0. The van der Waals surface area contributed by atoms with E-state index in [1.165, 1.54) is 7.11 Å². The highest BCUT2D eigenvalue weighted by Crippen LogP contribution is 1.81. The van der Waals surface area contributed by atoms with E-state index in [1.807, 2.05) is 0 Å². The molecule has 0 atom stereocenters. The zero-order valence-corrected chi connectivity index (χ0v) is 5.96.